The van der Waals surface area contributed by atoms with Crippen molar-refractivity contribution in [1.29, 1.82) is 0 Å². The number of carbonyl (C=O) groups is 1. The molecular weight excluding hydrogens is 494 g/mol. The van der Waals surface area contributed by atoms with Gasteiger partial charge in [-0.3, -0.25) is 14.6 Å². The monoisotopic (exact) mass is 519 g/mol. The molecule has 1 saturated heterocycles. The first-order valence-corrected chi connectivity index (χ1v) is 13.2. The summed E-state index contributed by atoms with van der Waals surface area (Å²) in [4.78, 5) is 30.1. The SMILES string of the molecule is O=C(NCc1nn(Cc2cccnc2)c(=O)c2ccccc12)c1ccc(S(=O)(=O)N2CCOCC2)cc1. The van der Waals surface area contributed by atoms with Gasteiger partial charge in [-0.2, -0.15) is 9.40 Å². The molecular formula is C26H25N5O5S. The van der Waals surface area contributed by atoms with Crippen molar-refractivity contribution in [3.8, 4) is 0 Å². The largest absolute Gasteiger partial charge is 0.379 e. The Hall–Kier alpha value is -3.93. The summed E-state index contributed by atoms with van der Waals surface area (Å²) >= 11 is 0. The highest BCUT2D eigenvalue weighted by atomic mass is 32.2. The molecule has 0 spiro atoms. The number of rotatable bonds is 7. The lowest BCUT2D eigenvalue weighted by molar-refractivity contribution is 0.0730. The lowest BCUT2D eigenvalue weighted by Crippen LogP contribution is -2.40. The highest BCUT2D eigenvalue weighted by Gasteiger charge is 2.26. The van der Waals surface area contributed by atoms with Crippen molar-refractivity contribution in [2.45, 2.75) is 18.0 Å². The molecule has 4 aromatic rings. The maximum Gasteiger partial charge on any atom is 0.274 e. The minimum atomic E-state index is -3.64. The van der Waals surface area contributed by atoms with E-state index in [0.717, 1.165) is 5.56 Å². The molecule has 5 rings (SSSR count). The highest BCUT2D eigenvalue weighted by Crippen LogP contribution is 2.18. The third-order valence-electron chi connectivity index (χ3n) is 6.14. The topological polar surface area (TPSA) is 123 Å². The molecule has 3 heterocycles. The molecule has 190 valence electrons. The van der Waals surface area contributed by atoms with Gasteiger partial charge >= 0.3 is 0 Å². The van der Waals surface area contributed by atoms with E-state index in [-0.39, 0.29) is 29.5 Å². The molecule has 0 saturated carbocycles. The predicted octanol–water partition coefficient (Wildman–Crippen LogP) is 1.79. The Kier molecular flexibility index (Phi) is 7.08. The van der Waals surface area contributed by atoms with Crippen LogP contribution in [0.5, 0.6) is 0 Å². The number of nitrogens with zero attached hydrogens (tertiary/aromatic N) is 4. The summed E-state index contributed by atoms with van der Waals surface area (Å²) < 4.78 is 33.6. The minimum absolute atomic E-state index is 0.0838. The number of benzene rings is 2. The van der Waals surface area contributed by atoms with E-state index < -0.39 is 10.0 Å². The average molecular weight is 520 g/mol. The fourth-order valence-corrected chi connectivity index (χ4v) is 5.60. The van der Waals surface area contributed by atoms with Gasteiger partial charge in [-0.1, -0.05) is 24.3 Å². The van der Waals surface area contributed by atoms with E-state index in [1.165, 1.54) is 33.3 Å². The number of aromatic nitrogens is 3. The molecule has 10 nitrogen and oxygen atoms in total. The van der Waals surface area contributed by atoms with Crippen LogP contribution in [0.1, 0.15) is 21.6 Å². The quantitative estimate of drug-likeness (QED) is 0.395. The number of hydrogen-bond donors (Lipinski definition) is 1. The molecule has 1 aliphatic rings. The van der Waals surface area contributed by atoms with Crippen molar-refractivity contribution in [2.75, 3.05) is 26.3 Å². The van der Waals surface area contributed by atoms with Gasteiger partial charge in [0.25, 0.3) is 11.5 Å². The molecule has 0 radical (unpaired) electrons. The summed E-state index contributed by atoms with van der Waals surface area (Å²) in [5.41, 5.74) is 1.45. The Balaban J connectivity index is 1.35. The maximum absolute atomic E-state index is 13.0. The van der Waals surface area contributed by atoms with Gasteiger partial charge < -0.3 is 10.1 Å². The molecule has 1 amide bonds. The summed E-state index contributed by atoms with van der Waals surface area (Å²) in [6, 6.07) is 16.6. The highest BCUT2D eigenvalue weighted by molar-refractivity contribution is 7.89. The molecule has 11 heteroatoms. The Morgan fingerprint density at radius 2 is 1.70 bits per heavy atom. The zero-order chi connectivity index (χ0) is 25.8. The third kappa shape index (κ3) is 5.29. The Labute approximate surface area is 213 Å². The van der Waals surface area contributed by atoms with Crippen LogP contribution in [-0.4, -0.2) is 59.7 Å². The molecule has 0 atom stereocenters. The van der Waals surface area contributed by atoms with Crippen LogP contribution in [0, 0.1) is 0 Å². The molecule has 1 fully saturated rings. The van der Waals surface area contributed by atoms with Gasteiger partial charge in [-0.15, -0.1) is 0 Å². The number of ether oxygens (including phenoxy) is 1. The second kappa shape index (κ2) is 10.6. The first-order chi connectivity index (χ1) is 17.9. The van der Waals surface area contributed by atoms with Crippen LogP contribution in [0.15, 0.2) is 82.7 Å². The van der Waals surface area contributed by atoms with Crippen molar-refractivity contribution in [3.05, 3.63) is 100 Å². The Bertz CT molecular complexity index is 1580. The van der Waals surface area contributed by atoms with Crippen LogP contribution in [-0.2, 0) is 27.8 Å². The Morgan fingerprint density at radius 1 is 0.973 bits per heavy atom. The number of sulfonamides is 1. The second-order valence-corrected chi connectivity index (χ2v) is 10.5. The van der Waals surface area contributed by atoms with Gasteiger partial charge in [0.1, 0.15) is 0 Å². The number of amides is 1. The fraction of sp³-hybridized carbons (Fsp3) is 0.231. The summed E-state index contributed by atoms with van der Waals surface area (Å²) in [6.07, 6.45) is 3.33. The molecule has 37 heavy (non-hydrogen) atoms. The Morgan fingerprint density at radius 3 is 2.41 bits per heavy atom. The first-order valence-electron chi connectivity index (χ1n) is 11.8. The number of hydrogen-bond acceptors (Lipinski definition) is 7. The molecule has 0 aliphatic carbocycles. The van der Waals surface area contributed by atoms with Crippen molar-refractivity contribution in [2.24, 2.45) is 0 Å². The van der Waals surface area contributed by atoms with Gasteiger partial charge in [0.2, 0.25) is 10.0 Å². The molecule has 0 unspecified atom stereocenters. The summed E-state index contributed by atoms with van der Waals surface area (Å²) in [7, 11) is -3.64. The van der Waals surface area contributed by atoms with Crippen LogP contribution >= 0.6 is 0 Å². The van der Waals surface area contributed by atoms with E-state index in [9.17, 15) is 18.0 Å². The van der Waals surface area contributed by atoms with E-state index in [2.05, 4.69) is 15.4 Å². The molecule has 0 bridgehead atoms. The van der Waals surface area contributed by atoms with Crippen LogP contribution in [0.3, 0.4) is 0 Å². The summed E-state index contributed by atoms with van der Waals surface area (Å²) in [6.45, 7) is 1.65. The van der Waals surface area contributed by atoms with E-state index >= 15 is 0 Å². The number of nitrogens with one attached hydrogen (secondary N) is 1. The van der Waals surface area contributed by atoms with E-state index in [4.69, 9.17) is 4.74 Å². The van der Waals surface area contributed by atoms with Crippen LogP contribution in [0.4, 0.5) is 0 Å². The number of pyridine rings is 1. The van der Waals surface area contributed by atoms with Crippen molar-refractivity contribution in [1.82, 2.24) is 24.4 Å². The lowest BCUT2D eigenvalue weighted by atomic mass is 10.1. The van der Waals surface area contributed by atoms with E-state index in [0.29, 0.717) is 48.3 Å². The second-order valence-electron chi connectivity index (χ2n) is 8.54. The van der Waals surface area contributed by atoms with E-state index in [1.54, 1.807) is 36.7 Å². The summed E-state index contributed by atoms with van der Waals surface area (Å²) in [5.74, 6) is -0.383. The third-order valence-corrected chi connectivity index (χ3v) is 8.05. The van der Waals surface area contributed by atoms with Crippen molar-refractivity contribution in [3.63, 3.8) is 0 Å². The predicted molar refractivity (Wildman–Crippen MR) is 137 cm³/mol. The summed E-state index contributed by atoms with van der Waals surface area (Å²) in [5, 5.41) is 8.52. The molecule has 1 N–H and O–H groups in total. The average Bonchev–Trinajstić information content (AvgIpc) is 2.95. The molecule has 2 aromatic heterocycles. The smallest absolute Gasteiger partial charge is 0.274 e. The molecule has 1 aliphatic heterocycles. The zero-order valence-corrected chi connectivity index (χ0v) is 20.7. The van der Waals surface area contributed by atoms with Crippen molar-refractivity contribution < 1.29 is 17.9 Å². The van der Waals surface area contributed by atoms with Crippen LogP contribution in [0.25, 0.3) is 10.8 Å². The first kappa shape index (κ1) is 24.8. The van der Waals surface area contributed by atoms with Gasteiger partial charge in [-0.05, 0) is 42.0 Å². The molecule has 2 aromatic carbocycles. The zero-order valence-electron chi connectivity index (χ0n) is 19.9. The van der Waals surface area contributed by atoms with E-state index in [1.807, 2.05) is 12.1 Å². The fourth-order valence-electron chi connectivity index (χ4n) is 4.19. The van der Waals surface area contributed by atoms with Gasteiger partial charge in [-0.25, -0.2) is 13.1 Å². The van der Waals surface area contributed by atoms with Gasteiger partial charge in [0, 0.05) is 36.4 Å². The van der Waals surface area contributed by atoms with Crippen LogP contribution in [0.2, 0.25) is 0 Å². The standard InChI is InChI=1S/C26H25N5O5S/c32-25(20-7-9-21(10-8-20)37(34,35)30-12-14-36-15-13-30)28-17-24-22-5-1-2-6-23(22)26(33)31(29-24)18-19-4-3-11-27-16-19/h1-11,16H,12-15,17-18H2,(H,28,32). The number of morpholine rings is 1. The number of carbonyl (C=O) groups excluding carboxylic acids is 1. The van der Waals surface area contributed by atoms with Crippen LogP contribution < -0.4 is 10.9 Å². The number of fused-ring (bicyclic) bond motifs is 1. The lowest BCUT2D eigenvalue weighted by Gasteiger charge is -2.26. The van der Waals surface area contributed by atoms with Crippen molar-refractivity contribution >= 4 is 26.7 Å². The maximum atomic E-state index is 13.0. The normalized spacial score (nSPS) is 14.5. The van der Waals surface area contributed by atoms with Gasteiger partial charge in [0.05, 0.1) is 42.3 Å². The van der Waals surface area contributed by atoms with Gasteiger partial charge in [0.15, 0.2) is 0 Å². The minimum Gasteiger partial charge on any atom is -0.379 e.